The Morgan fingerprint density at radius 1 is 1.00 bits per heavy atom. The normalized spacial score (nSPS) is 10.8. The number of hydrogen-bond donors (Lipinski definition) is 2. The first-order valence-corrected chi connectivity index (χ1v) is 7.52. The first kappa shape index (κ1) is 13.9. The number of nitrogen functional groups attached to an aromatic ring is 1. The van der Waals surface area contributed by atoms with E-state index in [-0.39, 0.29) is 0 Å². The van der Waals surface area contributed by atoms with Gasteiger partial charge in [0.05, 0.1) is 0 Å². The number of aryl methyl sites for hydroxylation is 2. The molecule has 3 aromatic rings. The third-order valence-electron chi connectivity index (χ3n) is 3.54. The van der Waals surface area contributed by atoms with Gasteiger partial charge in [0.25, 0.3) is 0 Å². The van der Waals surface area contributed by atoms with Crippen LogP contribution in [-0.4, -0.2) is 4.98 Å². The topological polar surface area (TPSA) is 50.9 Å². The lowest BCUT2D eigenvalue weighted by Gasteiger charge is -2.14. The van der Waals surface area contributed by atoms with Crippen molar-refractivity contribution in [1.29, 1.82) is 0 Å². The fourth-order valence-electron chi connectivity index (χ4n) is 2.35. The van der Waals surface area contributed by atoms with Gasteiger partial charge in [-0.3, -0.25) is 4.98 Å². The third kappa shape index (κ3) is 2.72. The summed E-state index contributed by atoms with van der Waals surface area (Å²) in [6.07, 6.45) is 1.83. The summed E-state index contributed by atoms with van der Waals surface area (Å²) >= 11 is 3.51. The molecule has 0 unspecified atom stereocenters. The van der Waals surface area contributed by atoms with Crippen LogP contribution >= 0.6 is 15.9 Å². The molecule has 1 aromatic heterocycles. The summed E-state index contributed by atoms with van der Waals surface area (Å²) in [6.45, 7) is 4.07. The molecule has 0 aliphatic rings. The Hall–Kier alpha value is -2.07. The largest absolute Gasteiger partial charge is 0.398 e. The van der Waals surface area contributed by atoms with Gasteiger partial charge in [-0.15, -0.1) is 0 Å². The molecule has 0 atom stereocenters. The molecule has 0 amide bonds. The van der Waals surface area contributed by atoms with E-state index < -0.39 is 0 Å². The Morgan fingerprint density at radius 2 is 1.81 bits per heavy atom. The van der Waals surface area contributed by atoms with E-state index in [0.717, 1.165) is 38.0 Å². The summed E-state index contributed by atoms with van der Waals surface area (Å²) in [4.78, 5) is 4.33. The minimum Gasteiger partial charge on any atom is -0.398 e. The molecule has 0 saturated heterocycles. The van der Waals surface area contributed by atoms with Gasteiger partial charge in [0.2, 0.25) is 0 Å². The molecule has 0 aliphatic carbocycles. The maximum Gasteiger partial charge on any atom is 0.0466 e. The Morgan fingerprint density at radius 3 is 2.62 bits per heavy atom. The summed E-state index contributed by atoms with van der Waals surface area (Å²) in [5.74, 6) is 0. The first-order valence-electron chi connectivity index (χ1n) is 6.72. The zero-order valence-corrected chi connectivity index (χ0v) is 13.5. The molecule has 3 N–H and O–H groups in total. The first-order chi connectivity index (χ1) is 10.0. The zero-order chi connectivity index (χ0) is 15.0. The average Bonchev–Trinajstić information content (AvgIpc) is 2.46. The highest BCUT2D eigenvalue weighted by Gasteiger charge is 2.07. The minimum atomic E-state index is 0.744. The molecular weight excluding hydrogens is 326 g/mol. The van der Waals surface area contributed by atoms with Gasteiger partial charge in [0, 0.05) is 44.2 Å². The molecule has 0 radical (unpaired) electrons. The number of nitrogens with one attached hydrogen (secondary N) is 1. The Bertz CT molecular complexity index is 828. The van der Waals surface area contributed by atoms with Gasteiger partial charge in [-0.05, 0) is 49.7 Å². The quantitative estimate of drug-likeness (QED) is 0.649. The summed E-state index contributed by atoms with van der Waals surface area (Å²) in [5, 5.41) is 5.55. The zero-order valence-electron chi connectivity index (χ0n) is 11.9. The smallest absolute Gasteiger partial charge is 0.0466 e. The van der Waals surface area contributed by atoms with Gasteiger partial charge in [0.15, 0.2) is 0 Å². The van der Waals surface area contributed by atoms with E-state index in [1.807, 2.05) is 31.3 Å². The molecule has 3 rings (SSSR count). The Kier molecular flexibility index (Phi) is 3.55. The fraction of sp³-hybridized carbons (Fsp3) is 0.118. The van der Waals surface area contributed by atoms with E-state index in [2.05, 4.69) is 51.4 Å². The molecule has 106 valence electrons. The lowest BCUT2D eigenvalue weighted by Crippen LogP contribution is -1.97. The second-order valence-corrected chi connectivity index (χ2v) is 6.07. The average molecular weight is 342 g/mol. The molecule has 0 aliphatic heterocycles. The van der Waals surface area contributed by atoms with Crippen LogP contribution in [0, 0.1) is 13.8 Å². The lowest BCUT2D eigenvalue weighted by atomic mass is 10.1. The van der Waals surface area contributed by atoms with Crippen LogP contribution in [0.15, 0.2) is 47.1 Å². The van der Waals surface area contributed by atoms with Crippen molar-refractivity contribution in [1.82, 2.24) is 4.98 Å². The number of hydrogen-bond acceptors (Lipinski definition) is 3. The lowest BCUT2D eigenvalue weighted by molar-refractivity contribution is 1.22. The van der Waals surface area contributed by atoms with Gasteiger partial charge < -0.3 is 11.1 Å². The van der Waals surface area contributed by atoms with E-state index in [1.165, 1.54) is 5.56 Å². The highest BCUT2D eigenvalue weighted by atomic mass is 79.9. The number of nitrogens with two attached hydrogens (primary N) is 1. The minimum absolute atomic E-state index is 0.744. The number of pyridine rings is 1. The number of aromatic nitrogens is 1. The van der Waals surface area contributed by atoms with Crippen LogP contribution in [0.3, 0.4) is 0 Å². The van der Waals surface area contributed by atoms with Gasteiger partial charge in [0.1, 0.15) is 0 Å². The molecule has 0 fully saturated rings. The van der Waals surface area contributed by atoms with Crippen molar-refractivity contribution < 1.29 is 0 Å². The van der Waals surface area contributed by atoms with Crippen molar-refractivity contribution in [3.8, 4) is 0 Å². The van der Waals surface area contributed by atoms with Crippen molar-refractivity contribution in [2.24, 2.45) is 0 Å². The number of fused-ring (bicyclic) bond motifs is 1. The maximum atomic E-state index is 6.05. The molecule has 4 heteroatoms. The number of rotatable bonds is 2. The van der Waals surface area contributed by atoms with Crippen molar-refractivity contribution in [2.45, 2.75) is 13.8 Å². The van der Waals surface area contributed by atoms with Gasteiger partial charge in [-0.25, -0.2) is 0 Å². The highest BCUT2D eigenvalue weighted by Crippen LogP contribution is 2.32. The second kappa shape index (κ2) is 5.37. The van der Waals surface area contributed by atoms with Gasteiger partial charge in [-0.1, -0.05) is 22.0 Å². The molecule has 0 spiro atoms. The molecule has 0 bridgehead atoms. The van der Waals surface area contributed by atoms with E-state index in [9.17, 15) is 0 Å². The van der Waals surface area contributed by atoms with E-state index in [1.54, 1.807) is 0 Å². The van der Waals surface area contributed by atoms with Crippen LogP contribution in [0.25, 0.3) is 10.8 Å². The van der Waals surface area contributed by atoms with Crippen LogP contribution in [0.1, 0.15) is 11.3 Å². The molecule has 2 aromatic carbocycles. The van der Waals surface area contributed by atoms with Crippen molar-refractivity contribution >= 4 is 43.8 Å². The number of benzene rings is 2. The SMILES string of the molecule is Cc1cc2c(Nc3cc(Br)ccc3C)ccc(N)c2cn1. The third-order valence-corrected chi connectivity index (χ3v) is 4.03. The standard InChI is InChI=1S/C17H16BrN3/c1-10-3-4-12(18)8-17(10)21-16-6-5-15(19)14-9-20-11(2)7-13(14)16/h3-9,21H,19H2,1-2H3. The Labute approximate surface area is 132 Å². The number of anilines is 3. The van der Waals surface area contributed by atoms with Crippen molar-refractivity contribution in [2.75, 3.05) is 11.1 Å². The van der Waals surface area contributed by atoms with Crippen molar-refractivity contribution in [3.63, 3.8) is 0 Å². The monoisotopic (exact) mass is 341 g/mol. The van der Waals surface area contributed by atoms with E-state index in [0.29, 0.717) is 0 Å². The van der Waals surface area contributed by atoms with Gasteiger partial charge >= 0.3 is 0 Å². The van der Waals surface area contributed by atoms with Crippen LogP contribution < -0.4 is 11.1 Å². The molecule has 3 nitrogen and oxygen atoms in total. The summed E-state index contributed by atoms with van der Waals surface area (Å²) < 4.78 is 1.05. The van der Waals surface area contributed by atoms with Crippen molar-refractivity contribution in [3.05, 3.63) is 58.3 Å². The van der Waals surface area contributed by atoms with Crippen LogP contribution in [-0.2, 0) is 0 Å². The molecule has 21 heavy (non-hydrogen) atoms. The van der Waals surface area contributed by atoms with E-state index in [4.69, 9.17) is 5.73 Å². The summed E-state index contributed by atoms with van der Waals surface area (Å²) in [5.41, 5.74) is 11.1. The van der Waals surface area contributed by atoms with E-state index >= 15 is 0 Å². The number of halogens is 1. The van der Waals surface area contributed by atoms with Crippen LogP contribution in [0.5, 0.6) is 0 Å². The maximum absolute atomic E-state index is 6.05. The molecule has 0 saturated carbocycles. The predicted octanol–water partition coefficient (Wildman–Crippen LogP) is 4.94. The number of nitrogens with zero attached hydrogens (tertiary/aromatic N) is 1. The molecular formula is C17H16BrN3. The fourth-order valence-corrected chi connectivity index (χ4v) is 2.71. The van der Waals surface area contributed by atoms with Gasteiger partial charge in [-0.2, -0.15) is 0 Å². The molecule has 1 heterocycles. The predicted molar refractivity (Wildman–Crippen MR) is 93.1 cm³/mol. The summed E-state index contributed by atoms with van der Waals surface area (Å²) in [7, 11) is 0. The summed E-state index contributed by atoms with van der Waals surface area (Å²) in [6, 6.07) is 12.2. The Balaban J connectivity index is 2.14. The second-order valence-electron chi connectivity index (χ2n) is 5.16. The van der Waals surface area contributed by atoms with Crippen LogP contribution in [0.4, 0.5) is 17.1 Å². The van der Waals surface area contributed by atoms with Crippen LogP contribution in [0.2, 0.25) is 0 Å². The highest BCUT2D eigenvalue weighted by molar-refractivity contribution is 9.10.